The molecule has 2 heteroatoms. The van der Waals surface area contributed by atoms with Crippen LogP contribution in [-0.4, -0.2) is 12.5 Å². The largest absolute Gasteiger partial charge is 0.352 e. The molecule has 0 aliphatic carbocycles. The smallest absolute Gasteiger partial charge is 0.244 e. The molecule has 1 unspecified atom stereocenters. The second-order valence-electron chi connectivity index (χ2n) is 7.10. The molecule has 0 spiro atoms. The van der Waals surface area contributed by atoms with Gasteiger partial charge in [-0.1, -0.05) is 66.0 Å². The molecule has 0 radical (unpaired) electrons. The lowest BCUT2D eigenvalue weighted by Crippen LogP contribution is -2.25. The molecule has 0 bridgehead atoms. The molecule has 1 atom stereocenters. The molecule has 0 rings (SSSR count). The van der Waals surface area contributed by atoms with Gasteiger partial charge in [-0.05, 0) is 36.7 Å². The third-order valence-corrected chi connectivity index (χ3v) is 3.44. The maximum atomic E-state index is 11.6. The summed E-state index contributed by atoms with van der Waals surface area (Å²) in [5.41, 5.74) is 1.02. The average Bonchev–Trinajstić information content (AvgIpc) is 2.35. The summed E-state index contributed by atoms with van der Waals surface area (Å²) in [5.74, 6) is 2.03. The monoisotopic (exact) mass is 293 g/mol. The fourth-order valence-electron chi connectivity index (χ4n) is 2.09. The second-order valence-corrected chi connectivity index (χ2v) is 7.10. The molecule has 1 amide bonds. The highest BCUT2D eigenvalue weighted by molar-refractivity contribution is 5.88. The third-order valence-electron chi connectivity index (χ3n) is 3.44. The summed E-state index contributed by atoms with van der Waals surface area (Å²) >= 11 is 0. The molecule has 0 aromatic heterocycles. The lowest BCUT2D eigenvalue weighted by molar-refractivity contribution is -0.116. The molecule has 0 fully saturated rings. The fraction of sp³-hybridized carbons (Fsp3) is 0.737. The molecule has 0 saturated heterocycles. The Balaban J connectivity index is 3.97. The molecule has 0 aromatic carbocycles. The van der Waals surface area contributed by atoms with Gasteiger partial charge in [-0.15, -0.1) is 0 Å². The zero-order valence-corrected chi connectivity index (χ0v) is 14.9. The number of nitrogens with one attached hydrogen (secondary N) is 1. The van der Waals surface area contributed by atoms with E-state index in [-0.39, 0.29) is 5.91 Å². The predicted octanol–water partition coefficient (Wildman–Crippen LogP) is 5.11. The molecule has 1 N–H and O–H groups in total. The van der Waals surface area contributed by atoms with Crippen molar-refractivity contribution in [2.24, 2.45) is 17.8 Å². The molecule has 0 aliphatic heterocycles. The Morgan fingerprint density at radius 1 is 1.05 bits per heavy atom. The summed E-state index contributed by atoms with van der Waals surface area (Å²) in [5, 5.41) is 2.90. The molecule has 0 aliphatic rings. The average molecular weight is 293 g/mol. The number of carbonyl (C=O) groups excluding carboxylic acids is 1. The number of hydrogen-bond donors (Lipinski definition) is 1. The first-order chi connectivity index (χ1) is 9.81. The van der Waals surface area contributed by atoms with Crippen LogP contribution in [-0.2, 0) is 4.79 Å². The highest BCUT2D eigenvalue weighted by Gasteiger charge is 2.01. The fourth-order valence-corrected chi connectivity index (χ4v) is 2.09. The van der Waals surface area contributed by atoms with Crippen LogP contribution in [0.1, 0.15) is 67.2 Å². The third kappa shape index (κ3) is 13.7. The van der Waals surface area contributed by atoms with Crippen molar-refractivity contribution in [1.29, 1.82) is 0 Å². The van der Waals surface area contributed by atoms with Crippen molar-refractivity contribution in [1.82, 2.24) is 5.32 Å². The van der Waals surface area contributed by atoms with Crippen molar-refractivity contribution in [2.45, 2.75) is 67.2 Å². The van der Waals surface area contributed by atoms with E-state index in [4.69, 9.17) is 0 Å². The van der Waals surface area contributed by atoms with Crippen LogP contribution in [0.4, 0.5) is 0 Å². The predicted molar refractivity (Wildman–Crippen MR) is 93.2 cm³/mol. The van der Waals surface area contributed by atoms with Crippen molar-refractivity contribution in [3.05, 3.63) is 23.8 Å². The van der Waals surface area contributed by atoms with Crippen LogP contribution in [0, 0.1) is 17.8 Å². The molecule has 21 heavy (non-hydrogen) atoms. The van der Waals surface area contributed by atoms with Gasteiger partial charge < -0.3 is 5.32 Å². The summed E-state index contributed by atoms with van der Waals surface area (Å²) in [6.45, 7) is 13.8. The van der Waals surface area contributed by atoms with Gasteiger partial charge in [-0.3, -0.25) is 4.79 Å². The summed E-state index contributed by atoms with van der Waals surface area (Å²) in [7, 11) is 0. The van der Waals surface area contributed by atoms with E-state index in [9.17, 15) is 4.79 Å². The molecule has 0 saturated carbocycles. The van der Waals surface area contributed by atoms with E-state index < -0.39 is 0 Å². The normalized spacial score (nSPS) is 14.2. The SMILES string of the molecule is CC(/C=C/CC(C)CCCC(C)C)=C\C(=O)NCC(C)C. The lowest BCUT2D eigenvalue weighted by atomic mass is 9.97. The van der Waals surface area contributed by atoms with Crippen LogP contribution in [0.15, 0.2) is 23.8 Å². The Bertz CT molecular complexity index is 339. The van der Waals surface area contributed by atoms with Crippen LogP contribution >= 0.6 is 0 Å². The van der Waals surface area contributed by atoms with Gasteiger partial charge in [0.25, 0.3) is 0 Å². The van der Waals surface area contributed by atoms with E-state index in [1.807, 2.05) is 6.92 Å². The van der Waals surface area contributed by atoms with Gasteiger partial charge in [0.15, 0.2) is 0 Å². The van der Waals surface area contributed by atoms with Crippen molar-refractivity contribution in [2.75, 3.05) is 6.54 Å². The van der Waals surface area contributed by atoms with E-state index in [0.717, 1.165) is 30.4 Å². The van der Waals surface area contributed by atoms with Gasteiger partial charge in [-0.25, -0.2) is 0 Å². The minimum Gasteiger partial charge on any atom is -0.352 e. The number of carbonyl (C=O) groups is 1. The van der Waals surface area contributed by atoms with Gasteiger partial charge in [0, 0.05) is 12.6 Å². The first-order valence-electron chi connectivity index (χ1n) is 8.44. The zero-order valence-electron chi connectivity index (χ0n) is 14.9. The Labute approximate surface area is 132 Å². The first kappa shape index (κ1) is 19.9. The molecular weight excluding hydrogens is 258 g/mol. The highest BCUT2D eigenvalue weighted by Crippen LogP contribution is 2.15. The van der Waals surface area contributed by atoms with E-state index in [0.29, 0.717) is 5.92 Å². The number of allylic oxidation sites excluding steroid dienone is 3. The maximum Gasteiger partial charge on any atom is 0.244 e. The van der Waals surface area contributed by atoms with Crippen LogP contribution in [0.25, 0.3) is 0 Å². The molecule has 0 aromatic rings. The van der Waals surface area contributed by atoms with Crippen LogP contribution in [0.3, 0.4) is 0 Å². The Kier molecular flexibility index (Phi) is 11.0. The van der Waals surface area contributed by atoms with Crippen LogP contribution in [0.5, 0.6) is 0 Å². The standard InChI is InChI=1S/C19H35NO/c1-15(2)9-7-10-17(5)11-8-12-18(6)13-19(21)20-14-16(3)4/h8,12-13,15-17H,7,9-11,14H2,1-6H3,(H,20,21)/b12-8+,18-13+. The summed E-state index contributed by atoms with van der Waals surface area (Å²) in [4.78, 5) is 11.6. The zero-order chi connectivity index (χ0) is 16.3. The van der Waals surface area contributed by atoms with E-state index >= 15 is 0 Å². The molecular formula is C19H35NO. The molecule has 122 valence electrons. The Morgan fingerprint density at radius 3 is 2.29 bits per heavy atom. The van der Waals surface area contributed by atoms with E-state index in [1.54, 1.807) is 6.08 Å². The van der Waals surface area contributed by atoms with Crippen molar-refractivity contribution in [3.8, 4) is 0 Å². The minimum absolute atomic E-state index is 0.0100. The van der Waals surface area contributed by atoms with Gasteiger partial charge in [-0.2, -0.15) is 0 Å². The second kappa shape index (κ2) is 11.6. The van der Waals surface area contributed by atoms with Crippen molar-refractivity contribution >= 4 is 5.91 Å². The van der Waals surface area contributed by atoms with Gasteiger partial charge in [0.1, 0.15) is 0 Å². The highest BCUT2D eigenvalue weighted by atomic mass is 16.1. The number of hydrogen-bond acceptors (Lipinski definition) is 1. The van der Waals surface area contributed by atoms with E-state index in [2.05, 4.69) is 52.1 Å². The maximum absolute atomic E-state index is 11.6. The summed E-state index contributed by atoms with van der Waals surface area (Å²) in [6.07, 6.45) is 11.0. The van der Waals surface area contributed by atoms with Crippen molar-refractivity contribution < 1.29 is 4.79 Å². The molecule has 2 nitrogen and oxygen atoms in total. The molecule has 0 heterocycles. The summed E-state index contributed by atoms with van der Waals surface area (Å²) in [6, 6.07) is 0. The number of rotatable bonds is 10. The van der Waals surface area contributed by atoms with Crippen LogP contribution < -0.4 is 5.32 Å². The Morgan fingerprint density at radius 2 is 1.71 bits per heavy atom. The minimum atomic E-state index is 0.0100. The van der Waals surface area contributed by atoms with Crippen molar-refractivity contribution in [3.63, 3.8) is 0 Å². The van der Waals surface area contributed by atoms with Gasteiger partial charge in [0.05, 0.1) is 0 Å². The quantitative estimate of drug-likeness (QED) is 0.440. The number of amides is 1. The van der Waals surface area contributed by atoms with Gasteiger partial charge in [0.2, 0.25) is 5.91 Å². The topological polar surface area (TPSA) is 29.1 Å². The lowest BCUT2D eigenvalue weighted by Gasteiger charge is -2.09. The van der Waals surface area contributed by atoms with E-state index in [1.165, 1.54) is 19.3 Å². The van der Waals surface area contributed by atoms with Gasteiger partial charge >= 0.3 is 0 Å². The summed E-state index contributed by atoms with van der Waals surface area (Å²) < 4.78 is 0. The first-order valence-corrected chi connectivity index (χ1v) is 8.44. The van der Waals surface area contributed by atoms with Crippen LogP contribution in [0.2, 0.25) is 0 Å². The Hall–Kier alpha value is -1.05.